The number of benzene rings is 1. The van der Waals surface area contributed by atoms with Gasteiger partial charge < -0.3 is 19.5 Å². The van der Waals surface area contributed by atoms with Gasteiger partial charge in [0.05, 0.1) is 17.9 Å². The number of hydrogen-bond donors (Lipinski definition) is 1. The largest absolute Gasteiger partial charge is 0.479 e. The highest BCUT2D eigenvalue weighted by Gasteiger charge is 2.36. The van der Waals surface area contributed by atoms with E-state index in [1.54, 1.807) is 31.3 Å². The lowest BCUT2D eigenvalue weighted by Gasteiger charge is -2.40. The lowest BCUT2D eigenvalue weighted by atomic mass is 9.82. The van der Waals surface area contributed by atoms with Gasteiger partial charge in [0, 0.05) is 64.3 Å². The van der Waals surface area contributed by atoms with Crippen LogP contribution >= 0.6 is 23.2 Å². The summed E-state index contributed by atoms with van der Waals surface area (Å²) in [6.45, 7) is 13.2. The number of carboxylic acids is 1. The van der Waals surface area contributed by atoms with Gasteiger partial charge in [0.15, 0.2) is 11.9 Å². The molecule has 3 heterocycles. The lowest BCUT2D eigenvalue weighted by molar-refractivity contribution is -0.160. The Morgan fingerprint density at radius 3 is 2.36 bits per heavy atom. The van der Waals surface area contributed by atoms with E-state index in [0.29, 0.717) is 57.6 Å². The number of pyridine rings is 2. The van der Waals surface area contributed by atoms with E-state index < -0.39 is 23.5 Å². The SMILES string of the molecule is Cc1ncc(-c2cnc(OCCc3c(Cl)cccc3Cl)c(F)c2)c(N2CCC(C)(C)CC2)c1[C@H](OC(C)(C)C)C(=O)O. The number of piperidine rings is 1. The highest BCUT2D eigenvalue weighted by atomic mass is 35.5. The molecular weight excluding hydrogens is 580 g/mol. The minimum atomic E-state index is -1.26. The molecule has 0 saturated carbocycles. The second-order valence-corrected chi connectivity index (χ2v) is 13.2. The summed E-state index contributed by atoms with van der Waals surface area (Å²) in [6, 6.07) is 6.58. The predicted molar refractivity (Wildman–Crippen MR) is 164 cm³/mol. The van der Waals surface area contributed by atoms with E-state index >= 15 is 4.39 Å². The molecule has 1 aliphatic heterocycles. The number of ether oxygens (including phenoxy) is 2. The normalized spacial score (nSPS) is 15.9. The van der Waals surface area contributed by atoms with Crippen LogP contribution in [-0.4, -0.2) is 46.3 Å². The molecule has 3 aromatic rings. The van der Waals surface area contributed by atoms with Gasteiger partial charge in [-0.2, -0.15) is 0 Å². The standard InChI is InChI=1S/C32H38Cl2FN3O4/c1-19-26(28(30(39)40)42-31(2,3)4)27(38-13-11-32(5,6)12-14-38)22(18-36-19)20-16-25(35)29(37-17-20)41-15-10-21-23(33)8-7-9-24(21)34/h7-9,16-18,28H,10-15H2,1-6H3,(H,39,40)/t28-/m0/s1. The zero-order chi connectivity index (χ0) is 30.8. The summed E-state index contributed by atoms with van der Waals surface area (Å²) in [6.07, 6.45) is 4.13. The fourth-order valence-electron chi connectivity index (χ4n) is 5.10. The maximum Gasteiger partial charge on any atom is 0.337 e. The minimum Gasteiger partial charge on any atom is -0.479 e. The molecule has 0 spiro atoms. The van der Waals surface area contributed by atoms with Gasteiger partial charge in [-0.05, 0) is 69.7 Å². The zero-order valence-electron chi connectivity index (χ0n) is 24.9. The minimum absolute atomic E-state index is 0.127. The zero-order valence-corrected chi connectivity index (χ0v) is 26.4. The van der Waals surface area contributed by atoms with Crippen LogP contribution in [0.15, 0.2) is 36.7 Å². The summed E-state index contributed by atoms with van der Waals surface area (Å²) in [5.41, 5.74) is 2.88. The Balaban J connectivity index is 1.72. The summed E-state index contributed by atoms with van der Waals surface area (Å²) in [5, 5.41) is 11.3. The number of anilines is 1. The van der Waals surface area contributed by atoms with E-state index in [2.05, 4.69) is 28.7 Å². The van der Waals surface area contributed by atoms with Crippen LogP contribution in [0.2, 0.25) is 10.0 Å². The fourth-order valence-corrected chi connectivity index (χ4v) is 5.68. The predicted octanol–water partition coefficient (Wildman–Crippen LogP) is 8.09. The number of aliphatic carboxylic acids is 1. The molecule has 1 fully saturated rings. The molecule has 0 aliphatic carbocycles. The Hall–Kier alpha value is -2.94. The van der Waals surface area contributed by atoms with Crippen LogP contribution in [0.1, 0.15) is 70.4 Å². The van der Waals surface area contributed by atoms with Gasteiger partial charge >= 0.3 is 5.97 Å². The van der Waals surface area contributed by atoms with Crippen molar-refractivity contribution in [3.63, 3.8) is 0 Å². The fraction of sp³-hybridized carbons (Fsp3) is 0.469. The maximum atomic E-state index is 15.4. The Morgan fingerprint density at radius 2 is 1.79 bits per heavy atom. The van der Waals surface area contributed by atoms with Crippen molar-refractivity contribution in [2.45, 2.75) is 72.5 Å². The van der Waals surface area contributed by atoms with Crippen LogP contribution in [0, 0.1) is 18.2 Å². The number of aryl methyl sites for hydroxylation is 1. The van der Waals surface area contributed by atoms with Crippen LogP contribution in [0.5, 0.6) is 5.88 Å². The Kier molecular flexibility index (Phi) is 9.70. The van der Waals surface area contributed by atoms with Crippen LogP contribution < -0.4 is 9.64 Å². The third-order valence-electron chi connectivity index (χ3n) is 7.45. The second-order valence-electron chi connectivity index (χ2n) is 12.4. The molecule has 1 saturated heterocycles. The molecular formula is C32H38Cl2FN3O4. The highest BCUT2D eigenvalue weighted by molar-refractivity contribution is 6.36. The number of carboxylic acid groups (broad SMARTS) is 1. The lowest BCUT2D eigenvalue weighted by Crippen LogP contribution is -2.39. The molecule has 10 heteroatoms. The number of carbonyl (C=O) groups is 1. The van der Waals surface area contributed by atoms with Gasteiger partial charge in [0.25, 0.3) is 0 Å². The summed E-state index contributed by atoms with van der Waals surface area (Å²) in [7, 11) is 0. The van der Waals surface area contributed by atoms with Gasteiger partial charge in [-0.25, -0.2) is 14.2 Å². The van der Waals surface area contributed by atoms with Crippen molar-refractivity contribution in [1.82, 2.24) is 9.97 Å². The molecule has 1 atom stereocenters. The smallest absolute Gasteiger partial charge is 0.337 e. The number of halogens is 3. The average Bonchev–Trinajstić information content (AvgIpc) is 2.89. The topological polar surface area (TPSA) is 84.8 Å². The molecule has 226 valence electrons. The van der Waals surface area contributed by atoms with Gasteiger partial charge in [-0.15, -0.1) is 0 Å². The van der Waals surface area contributed by atoms with E-state index in [1.807, 2.05) is 20.8 Å². The first kappa shape index (κ1) is 32.0. The number of aromatic nitrogens is 2. The molecule has 4 rings (SSSR count). The third-order valence-corrected chi connectivity index (χ3v) is 8.16. The summed E-state index contributed by atoms with van der Waals surface area (Å²) in [4.78, 5) is 23.6. The molecule has 1 aromatic carbocycles. The van der Waals surface area contributed by atoms with Crippen molar-refractivity contribution in [2.75, 3.05) is 24.6 Å². The molecule has 1 aliphatic rings. The number of nitrogens with zero attached hydrogens (tertiary/aromatic N) is 3. The first-order valence-electron chi connectivity index (χ1n) is 14.0. The first-order valence-corrected chi connectivity index (χ1v) is 14.8. The van der Waals surface area contributed by atoms with Crippen molar-refractivity contribution >= 4 is 34.9 Å². The van der Waals surface area contributed by atoms with Gasteiger partial charge in [0.1, 0.15) is 0 Å². The Bertz CT molecular complexity index is 1430. The van der Waals surface area contributed by atoms with Crippen molar-refractivity contribution in [1.29, 1.82) is 0 Å². The van der Waals surface area contributed by atoms with Crippen LogP contribution in [0.25, 0.3) is 11.1 Å². The van der Waals surface area contributed by atoms with E-state index in [0.717, 1.165) is 18.4 Å². The van der Waals surface area contributed by atoms with Gasteiger partial charge in [-0.3, -0.25) is 4.98 Å². The van der Waals surface area contributed by atoms with Gasteiger partial charge in [-0.1, -0.05) is 43.1 Å². The second kappa shape index (κ2) is 12.7. The summed E-state index contributed by atoms with van der Waals surface area (Å²) in [5.74, 6) is -1.91. The Labute approximate surface area is 257 Å². The average molecular weight is 619 g/mol. The van der Waals surface area contributed by atoms with Gasteiger partial charge in [0.2, 0.25) is 5.88 Å². The van der Waals surface area contributed by atoms with Crippen LogP contribution in [0.4, 0.5) is 10.1 Å². The first-order chi connectivity index (χ1) is 19.7. The van der Waals surface area contributed by atoms with E-state index in [1.165, 1.54) is 12.3 Å². The number of hydrogen-bond acceptors (Lipinski definition) is 6. The molecule has 0 bridgehead atoms. The molecule has 0 amide bonds. The summed E-state index contributed by atoms with van der Waals surface area (Å²) < 4.78 is 27.1. The van der Waals surface area contributed by atoms with E-state index in [-0.39, 0.29) is 17.9 Å². The summed E-state index contributed by atoms with van der Waals surface area (Å²) >= 11 is 12.5. The molecule has 7 nitrogen and oxygen atoms in total. The molecule has 42 heavy (non-hydrogen) atoms. The quantitative estimate of drug-likeness (QED) is 0.260. The van der Waals surface area contributed by atoms with Crippen molar-refractivity contribution < 1.29 is 23.8 Å². The van der Waals surface area contributed by atoms with Crippen LogP contribution in [0.3, 0.4) is 0 Å². The molecule has 0 radical (unpaired) electrons. The highest BCUT2D eigenvalue weighted by Crippen LogP contribution is 2.43. The molecule has 1 N–H and O–H groups in total. The molecule has 0 unspecified atom stereocenters. The third kappa shape index (κ3) is 7.52. The van der Waals surface area contributed by atoms with E-state index in [9.17, 15) is 9.90 Å². The van der Waals surface area contributed by atoms with E-state index in [4.69, 9.17) is 32.7 Å². The maximum absolute atomic E-state index is 15.4. The van der Waals surface area contributed by atoms with Crippen molar-refractivity contribution in [3.8, 4) is 17.0 Å². The van der Waals surface area contributed by atoms with Crippen LogP contribution in [-0.2, 0) is 16.0 Å². The Morgan fingerprint density at radius 1 is 1.14 bits per heavy atom. The molecule has 2 aromatic heterocycles. The van der Waals surface area contributed by atoms with Crippen molar-refractivity contribution in [3.05, 3.63) is 69.3 Å². The number of rotatable bonds is 9. The monoisotopic (exact) mass is 617 g/mol. The van der Waals surface area contributed by atoms with Crippen molar-refractivity contribution in [2.24, 2.45) is 5.41 Å².